The molecular weight excluding hydrogens is 238 g/mol. The predicted molar refractivity (Wildman–Crippen MR) is 66.7 cm³/mol. The van der Waals surface area contributed by atoms with Crippen molar-refractivity contribution in [2.24, 2.45) is 0 Å². The summed E-state index contributed by atoms with van der Waals surface area (Å²) in [4.78, 5) is 1.64. The summed E-state index contributed by atoms with van der Waals surface area (Å²) in [7, 11) is 3.45. The van der Waals surface area contributed by atoms with Gasteiger partial charge in [-0.1, -0.05) is 0 Å². The fourth-order valence-electron chi connectivity index (χ4n) is 2.27. The van der Waals surface area contributed by atoms with E-state index in [4.69, 9.17) is 4.74 Å². The molecule has 1 N–H and O–H groups in total. The first-order valence-corrected chi connectivity index (χ1v) is 6.06. The summed E-state index contributed by atoms with van der Waals surface area (Å²) in [6, 6.07) is 2.80. The Hall–Kier alpha value is -1.20. The number of nitrogens with zero attached hydrogens (tertiary/aromatic N) is 1. The van der Waals surface area contributed by atoms with E-state index in [0.717, 1.165) is 6.42 Å². The van der Waals surface area contributed by atoms with Crippen molar-refractivity contribution in [3.8, 4) is 0 Å². The summed E-state index contributed by atoms with van der Waals surface area (Å²) in [5.41, 5.74) is 0.637. The highest BCUT2D eigenvalue weighted by molar-refractivity contribution is 5.51. The highest BCUT2D eigenvalue weighted by Crippen LogP contribution is 2.27. The van der Waals surface area contributed by atoms with Crippen molar-refractivity contribution in [3.05, 3.63) is 29.3 Å². The highest BCUT2D eigenvalue weighted by Gasteiger charge is 2.25. The van der Waals surface area contributed by atoms with Gasteiger partial charge in [-0.3, -0.25) is 0 Å². The monoisotopic (exact) mass is 256 g/mol. The molecule has 0 spiro atoms. The summed E-state index contributed by atoms with van der Waals surface area (Å²) < 4.78 is 33.2. The first kappa shape index (κ1) is 13.2. The molecule has 1 aliphatic heterocycles. The summed E-state index contributed by atoms with van der Waals surface area (Å²) in [6.45, 7) is 1.62. The first-order valence-electron chi connectivity index (χ1n) is 6.06. The molecule has 0 radical (unpaired) electrons. The number of hydrogen-bond donors (Lipinski definition) is 1. The molecule has 0 amide bonds. The van der Waals surface area contributed by atoms with Gasteiger partial charge in [-0.15, -0.1) is 0 Å². The van der Waals surface area contributed by atoms with Crippen LogP contribution in [0.25, 0.3) is 0 Å². The van der Waals surface area contributed by atoms with Crippen molar-refractivity contribution >= 4 is 5.69 Å². The van der Waals surface area contributed by atoms with Gasteiger partial charge in [0.25, 0.3) is 0 Å². The van der Waals surface area contributed by atoms with Gasteiger partial charge < -0.3 is 15.0 Å². The van der Waals surface area contributed by atoms with Crippen LogP contribution < -0.4 is 10.2 Å². The standard InChI is InChI=1S/C13H18F2N2O/c1-16-7-9-5-11(14)13(12(15)6-9)17(2)10-3-4-18-8-10/h5-6,10,16H,3-4,7-8H2,1-2H3. The van der Waals surface area contributed by atoms with Gasteiger partial charge in [0.1, 0.15) is 17.3 Å². The van der Waals surface area contributed by atoms with Crippen LogP contribution >= 0.6 is 0 Å². The number of anilines is 1. The van der Waals surface area contributed by atoms with Crippen molar-refractivity contribution in [2.75, 3.05) is 32.2 Å². The number of rotatable bonds is 4. The van der Waals surface area contributed by atoms with Gasteiger partial charge in [0.2, 0.25) is 0 Å². The molecule has 1 saturated heterocycles. The van der Waals surface area contributed by atoms with Crippen LogP contribution in [0.1, 0.15) is 12.0 Å². The van der Waals surface area contributed by atoms with Gasteiger partial charge in [-0.25, -0.2) is 8.78 Å². The lowest BCUT2D eigenvalue weighted by Crippen LogP contribution is -2.33. The zero-order valence-electron chi connectivity index (χ0n) is 10.7. The average Bonchev–Trinajstić information content (AvgIpc) is 2.81. The summed E-state index contributed by atoms with van der Waals surface area (Å²) in [6.07, 6.45) is 0.799. The maximum atomic E-state index is 14.0. The maximum absolute atomic E-state index is 14.0. The summed E-state index contributed by atoms with van der Waals surface area (Å²) >= 11 is 0. The summed E-state index contributed by atoms with van der Waals surface area (Å²) in [5.74, 6) is -1.04. The lowest BCUT2D eigenvalue weighted by molar-refractivity contribution is 0.193. The molecule has 1 heterocycles. The van der Waals surface area contributed by atoms with Gasteiger partial charge in [0, 0.05) is 20.2 Å². The Morgan fingerprint density at radius 2 is 2.06 bits per heavy atom. The van der Waals surface area contributed by atoms with Crippen LogP contribution in [0, 0.1) is 11.6 Å². The number of benzene rings is 1. The molecule has 18 heavy (non-hydrogen) atoms. The first-order chi connectivity index (χ1) is 8.63. The molecule has 0 aromatic heterocycles. The lowest BCUT2D eigenvalue weighted by Gasteiger charge is -2.26. The Bertz CT molecular complexity index is 396. The Kier molecular flexibility index (Phi) is 4.14. The van der Waals surface area contributed by atoms with Gasteiger partial charge in [-0.2, -0.15) is 0 Å². The van der Waals surface area contributed by atoms with E-state index in [-0.39, 0.29) is 11.7 Å². The highest BCUT2D eigenvalue weighted by atomic mass is 19.1. The van der Waals surface area contributed by atoms with E-state index < -0.39 is 11.6 Å². The second-order valence-electron chi connectivity index (χ2n) is 4.57. The molecule has 1 aromatic rings. The molecule has 1 aliphatic rings. The average molecular weight is 256 g/mol. The van der Waals surface area contributed by atoms with Crippen molar-refractivity contribution in [1.82, 2.24) is 5.32 Å². The molecule has 1 atom stereocenters. The van der Waals surface area contributed by atoms with Gasteiger partial charge in [0.15, 0.2) is 0 Å². The number of ether oxygens (including phenoxy) is 1. The molecule has 1 unspecified atom stereocenters. The van der Waals surface area contributed by atoms with E-state index in [1.807, 2.05) is 0 Å². The quantitative estimate of drug-likeness (QED) is 0.890. The van der Waals surface area contributed by atoms with Crippen molar-refractivity contribution < 1.29 is 13.5 Å². The maximum Gasteiger partial charge on any atom is 0.149 e. The topological polar surface area (TPSA) is 24.5 Å². The SMILES string of the molecule is CNCc1cc(F)c(N(C)C2CCOC2)c(F)c1. The zero-order valence-corrected chi connectivity index (χ0v) is 10.7. The third-order valence-corrected chi connectivity index (χ3v) is 3.26. The Balaban J connectivity index is 2.26. The lowest BCUT2D eigenvalue weighted by atomic mass is 10.1. The molecule has 1 aromatic carbocycles. The number of likely N-dealkylation sites (N-methyl/N-ethyl adjacent to an activating group) is 1. The van der Waals surface area contributed by atoms with Crippen molar-refractivity contribution in [3.63, 3.8) is 0 Å². The summed E-state index contributed by atoms with van der Waals surface area (Å²) in [5, 5.41) is 2.88. The van der Waals surface area contributed by atoms with Crippen molar-refractivity contribution in [2.45, 2.75) is 19.0 Å². The van der Waals surface area contributed by atoms with Crippen LogP contribution in [0.4, 0.5) is 14.5 Å². The number of hydrogen-bond acceptors (Lipinski definition) is 3. The minimum atomic E-state index is -0.519. The molecule has 0 saturated carbocycles. The molecule has 5 heteroatoms. The third kappa shape index (κ3) is 2.62. The molecule has 3 nitrogen and oxygen atoms in total. The van der Waals surface area contributed by atoms with E-state index in [2.05, 4.69) is 5.32 Å². The Morgan fingerprint density at radius 3 is 2.56 bits per heavy atom. The molecule has 100 valence electrons. The molecule has 1 fully saturated rings. The van der Waals surface area contributed by atoms with Crippen LogP contribution in [-0.4, -0.2) is 33.4 Å². The van der Waals surface area contributed by atoms with Gasteiger partial charge in [0.05, 0.1) is 12.6 Å². The molecular formula is C13H18F2N2O. The number of nitrogens with one attached hydrogen (secondary N) is 1. The smallest absolute Gasteiger partial charge is 0.149 e. The number of halogens is 2. The van der Waals surface area contributed by atoms with E-state index in [1.54, 1.807) is 19.0 Å². The second kappa shape index (κ2) is 5.63. The van der Waals surface area contributed by atoms with Crippen LogP contribution in [0.5, 0.6) is 0 Å². The predicted octanol–water partition coefficient (Wildman–Crippen LogP) is 1.91. The Labute approximate surface area is 106 Å². The van der Waals surface area contributed by atoms with Crippen LogP contribution in [0.2, 0.25) is 0 Å². The van der Waals surface area contributed by atoms with E-state index >= 15 is 0 Å². The normalized spacial score (nSPS) is 19.2. The molecule has 2 rings (SSSR count). The van der Waals surface area contributed by atoms with Gasteiger partial charge in [-0.05, 0) is 31.2 Å². The van der Waals surface area contributed by atoms with Crippen LogP contribution in [0.15, 0.2) is 12.1 Å². The fraction of sp³-hybridized carbons (Fsp3) is 0.538. The third-order valence-electron chi connectivity index (χ3n) is 3.26. The largest absolute Gasteiger partial charge is 0.379 e. The second-order valence-corrected chi connectivity index (χ2v) is 4.57. The minimum absolute atomic E-state index is 0.0327. The van der Waals surface area contributed by atoms with Gasteiger partial charge >= 0.3 is 0 Å². The fourth-order valence-corrected chi connectivity index (χ4v) is 2.27. The minimum Gasteiger partial charge on any atom is -0.379 e. The van der Waals surface area contributed by atoms with Crippen LogP contribution in [-0.2, 0) is 11.3 Å². The van der Waals surface area contributed by atoms with E-state index in [0.29, 0.717) is 25.3 Å². The molecule has 0 bridgehead atoms. The van der Waals surface area contributed by atoms with E-state index in [1.165, 1.54) is 12.1 Å². The van der Waals surface area contributed by atoms with Crippen molar-refractivity contribution in [1.29, 1.82) is 0 Å². The zero-order chi connectivity index (χ0) is 13.1. The Morgan fingerprint density at radius 1 is 1.39 bits per heavy atom. The molecule has 0 aliphatic carbocycles. The van der Waals surface area contributed by atoms with Crippen LogP contribution in [0.3, 0.4) is 0 Å². The van der Waals surface area contributed by atoms with E-state index in [9.17, 15) is 8.78 Å².